The molecule has 0 fully saturated rings. The number of nitrogens with one attached hydrogen (secondary N) is 1. The number of pyridine rings is 1. The van der Waals surface area contributed by atoms with Crippen LogP contribution in [-0.2, 0) is 6.42 Å². The molecule has 0 spiro atoms. The van der Waals surface area contributed by atoms with E-state index in [1.54, 1.807) is 13.0 Å². The summed E-state index contributed by atoms with van der Waals surface area (Å²) in [6.07, 6.45) is 0.416. The van der Waals surface area contributed by atoms with Crippen LogP contribution in [0.25, 0.3) is 0 Å². The Kier molecular flexibility index (Phi) is 2.67. The van der Waals surface area contributed by atoms with E-state index < -0.39 is 11.5 Å². The number of H-pyrrole nitrogens is 1. The zero-order valence-corrected chi connectivity index (χ0v) is 7.50. The number of aromatic amines is 1. The number of nitrogens with zero attached hydrogens (tertiary/aromatic N) is 1. The molecule has 5 nitrogen and oxygen atoms in total. The molecule has 0 aliphatic rings. The third-order valence-corrected chi connectivity index (χ3v) is 1.82. The minimum atomic E-state index is -1.26. The molecule has 0 atom stereocenters. The molecule has 5 heteroatoms. The molecule has 0 unspecified atom stereocenters. The fourth-order valence-corrected chi connectivity index (χ4v) is 1.17. The molecule has 0 amide bonds. The molecule has 0 saturated carbocycles. The average Bonchev–Trinajstić information content (AvgIpc) is 2.16. The predicted molar refractivity (Wildman–Crippen MR) is 48.1 cm³/mol. The van der Waals surface area contributed by atoms with Gasteiger partial charge in [-0.3, -0.25) is 4.79 Å². The van der Waals surface area contributed by atoms with Crippen molar-refractivity contribution in [1.82, 2.24) is 4.98 Å². The second-order valence-corrected chi connectivity index (χ2v) is 2.67. The highest BCUT2D eigenvalue weighted by molar-refractivity contribution is 5.90. The Balaban J connectivity index is 3.58. The van der Waals surface area contributed by atoms with Gasteiger partial charge in [-0.15, -0.1) is 0 Å². The summed E-state index contributed by atoms with van der Waals surface area (Å²) in [4.78, 5) is 24.1. The predicted octanol–water partition coefficient (Wildman–Crippen LogP) is 0.507. The first-order chi connectivity index (χ1) is 6.60. The Bertz CT molecular complexity index is 468. The van der Waals surface area contributed by atoms with E-state index >= 15 is 0 Å². The summed E-state index contributed by atoms with van der Waals surface area (Å²) in [7, 11) is 0. The normalized spacial score (nSPS) is 9.43. The molecule has 0 aromatic carbocycles. The van der Waals surface area contributed by atoms with E-state index in [1.807, 2.05) is 0 Å². The molecule has 0 bridgehead atoms. The van der Waals surface area contributed by atoms with Gasteiger partial charge >= 0.3 is 5.97 Å². The van der Waals surface area contributed by atoms with Gasteiger partial charge < -0.3 is 10.1 Å². The quantitative estimate of drug-likeness (QED) is 0.713. The smallest absolute Gasteiger partial charge is 0.337 e. The summed E-state index contributed by atoms with van der Waals surface area (Å²) in [5, 5.41) is 17.5. The van der Waals surface area contributed by atoms with E-state index in [0.717, 1.165) is 6.07 Å². The van der Waals surface area contributed by atoms with Gasteiger partial charge in [0, 0.05) is 11.8 Å². The van der Waals surface area contributed by atoms with Crippen LogP contribution in [0, 0.1) is 11.3 Å². The van der Waals surface area contributed by atoms with E-state index in [2.05, 4.69) is 4.98 Å². The summed E-state index contributed by atoms with van der Waals surface area (Å²) in [6, 6.07) is 2.69. The van der Waals surface area contributed by atoms with Crippen molar-refractivity contribution in [2.24, 2.45) is 0 Å². The Morgan fingerprint density at radius 2 is 2.36 bits per heavy atom. The zero-order chi connectivity index (χ0) is 10.7. The van der Waals surface area contributed by atoms with E-state index in [1.165, 1.54) is 0 Å². The third kappa shape index (κ3) is 1.64. The van der Waals surface area contributed by atoms with E-state index in [0.29, 0.717) is 12.1 Å². The second kappa shape index (κ2) is 3.75. The Labute approximate surface area is 79.6 Å². The lowest BCUT2D eigenvalue weighted by Gasteiger charge is -2.02. The minimum Gasteiger partial charge on any atom is -0.478 e. The highest BCUT2D eigenvalue weighted by Crippen LogP contribution is 2.09. The SMILES string of the molecule is CCc1[nH]c(=O)cc(C(=O)O)c1C#N. The fourth-order valence-electron chi connectivity index (χ4n) is 1.17. The summed E-state index contributed by atoms with van der Waals surface area (Å²) < 4.78 is 0. The molecule has 2 N–H and O–H groups in total. The largest absolute Gasteiger partial charge is 0.478 e. The van der Waals surface area contributed by atoms with E-state index in [4.69, 9.17) is 10.4 Å². The molecule has 0 radical (unpaired) electrons. The van der Waals surface area contributed by atoms with Crippen LogP contribution < -0.4 is 5.56 Å². The van der Waals surface area contributed by atoms with Gasteiger partial charge in [0.25, 0.3) is 0 Å². The summed E-state index contributed by atoms with van der Waals surface area (Å²) in [6.45, 7) is 1.73. The van der Waals surface area contributed by atoms with Crippen molar-refractivity contribution in [3.63, 3.8) is 0 Å². The molecule has 1 aromatic heterocycles. The van der Waals surface area contributed by atoms with Crippen LogP contribution in [0.1, 0.15) is 28.5 Å². The van der Waals surface area contributed by atoms with Crippen molar-refractivity contribution in [3.05, 3.63) is 33.2 Å². The van der Waals surface area contributed by atoms with Gasteiger partial charge in [-0.1, -0.05) is 6.92 Å². The van der Waals surface area contributed by atoms with Crippen LogP contribution in [-0.4, -0.2) is 16.1 Å². The Morgan fingerprint density at radius 1 is 1.71 bits per heavy atom. The molecule has 0 saturated heterocycles. The number of hydrogen-bond donors (Lipinski definition) is 2. The molecular formula is C9H8N2O3. The number of aromatic nitrogens is 1. The molecular weight excluding hydrogens is 184 g/mol. The Morgan fingerprint density at radius 3 is 2.79 bits per heavy atom. The van der Waals surface area contributed by atoms with Gasteiger partial charge in [-0.25, -0.2) is 4.79 Å². The number of carboxylic acids is 1. The molecule has 1 aromatic rings. The van der Waals surface area contributed by atoms with Crippen LogP contribution in [0.5, 0.6) is 0 Å². The van der Waals surface area contributed by atoms with Gasteiger partial charge in [0.2, 0.25) is 5.56 Å². The molecule has 1 heterocycles. The van der Waals surface area contributed by atoms with Crippen molar-refractivity contribution >= 4 is 5.97 Å². The van der Waals surface area contributed by atoms with Crippen LogP contribution in [0.3, 0.4) is 0 Å². The van der Waals surface area contributed by atoms with Crippen molar-refractivity contribution in [3.8, 4) is 6.07 Å². The number of aryl methyl sites for hydroxylation is 1. The van der Waals surface area contributed by atoms with Crippen molar-refractivity contribution in [2.75, 3.05) is 0 Å². The van der Waals surface area contributed by atoms with Crippen LogP contribution >= 0.6 is 0 Å². The van der Waals surface area contributed by atoms with Crippen LogP contribution in [0.2, 0.25) is 0 Å². The lowest BCUT2D eigenvalue weighted by Crippen LogP contribution is -2.15. The first-order valence-electron chi connectivity index (χ1n) is 3.99. The number of hydrogen-bond acceptors (Lipinski definition) is 3. The summed E-state index contributed by atoms with van der Waals surface area (Å²) in [5.74, 6) is -1.26. The topological polar surface area (TPSA) is 93.9 Å². The van der Waals surface area contributed by atoms with E-state index in [-0.39, 0.29) is 11.1 Å². The lowest BCUT2D eigenvalue weighted by atomic mass is 10.1. The molecule has 1 rings (SSSR count). The van der Waals surface area contributed by atoms with Crippen molar-refractivity contribution in [2.45, 2.75) is 13.3 Å². The maximum Gasteiger partial charge on any atom is 0.337 e. The number of nitriles is 1. The minimum absolute atomic E-state index is 0.0274. The zero-order valence-electron chi connectivity index (χ0n) is 7.50. The first-order valence-corrected chi connectivity index (χ1v) is 3.99. The van der Waals surface area contributed by atoms with Gasteiger partial charge in [0.05, 0.1) is 11.1 Å². The van der Waals surface area contributed by atoms with Crippen molar-refractivity contribution < 1.29 is 9.90 Å². The van der Waals surface area contributed by atoms with Crippen LogP contribution in [0.4, 0.5) is 0 Å². The summed E-state index contributed by atoms with van der Waals surface area (Å²) in [5.41, 5.74) is -0.358. The highest BCUT2D eigenvalue weighted by Gasteiger charge is 2.14. The van der Waals surface area contributed by atoms with Gasteiger partial charge in [0.15, 0.2) is 0 Å². The number of aromatic carboxylic acids is 1. The first kappa shape index (κ1) is 9.99. The van der Waals surface area contributed by atoms with E-state index in [9.17, 15) is 9.59 Å². The van der Waals surface area contributed by atoms with Crippen LogP contribution in [0.15, 0.2) is 10.9 Å². The lowest BCUT2D eigenvalue weighted by molar-refractivity contribution is 0.0696. The van der Waals surface area contributed by atoms with Gasteiger partial charge in [0.1, 0.15) is 6.07 Å². The maximum atomic E-state index is 11.0. The van der Waals surface area contributed by atoms with Gasteiger partial charge in [-0.05, 0) is 6.42 Å². The second-order valence-electron chi connectivity index (χ2n) is 2.67. The monoisotopic (exact) mass is 192 g/mol. The number of carbonyl (C=O) groups is 1. The number of carboxylic acid groups (broad SMARTS) is 1. The average molecular weight is 192 g/mol. The maximum absolute atomic E-state index is 11.0. The van der Waals surface area contributed by atoms with Crippen molar-refractivity contribution in [1.29, 1.82) is 5.26 Å². The fraction of sp³-hybridized carbons (Fsp3) is 0.222. The summed E-state index contributed by atoms with van der Waals surface area (Å²) >= 11 is 0. The third-order valence-electron chi connectivity index (χ3n) is 1.82. The standard InChI is InChI=1S/C9H8N2O3/c1-2-7-6(4-10)5(9(13)14)3-8(12)11-7/h3H,2H2,1H3,(H,11,12)(H,13,14). The Hall–Kier alpha value is -2.09. The molecule has 0 aliphatic carbocycles. The molecule has 72 valence electrons. The molecule has 0 aliphatic heterocycles. The molecule has 14 heavy (non-hydrogen) atoms. The van der Waals surface area contributed by atoms with Gasteiger partial charge in [-0.2, -0.15) is 5.26 Å². The number of rotatable bonds is 2. The highest BCUT2D eigenvalue weighted by atomic mass is 16.4.